The van der Waals surface area contributed by atoms with Crippen LogP contribution in [0.15, 0.2) is 18.2 Å². The van der Waals surface area contributed by atoms with Gasteiger partial charge in [0.15, 0.2) is 0 Å². The number of nitrogens with one attached hydrogen (secondary N) is 1. The highest BCUT2D eigenvalue weighted by atomic mass is 19.1. The number of aryl methyl sites for hydroxylation is 1. The number of benzene rings is 1. The Morgan fingerprint density at radius 3 is 2.75 bits per heavy atom. The van der Waals surface area contributed by atoms with Crippen LogP contribution in [0.5, 0.6) is 5.75 Å². The van der Waals surface area contributed by atoms with E-state index in [1.54, 1.807) is 13.2 Å². The summed E-state index contributed by atoms with van der Waals surface area (Å²) < 4.78 is 23.5. The third-order valence-corrected chi connectivity index (χ3v) is 2.37. The monoisotopic (exact) mass is 227 g/mol. The number of rotatable bonds is 6. The molecule has 1 rings (SSSR count). The van der Waals surface area contributed by atoms with E-state index < -0.39 is 0 Å². The molecule has 0 bridgehead atoms. The number of halogens is 1. The number of hydrogen-bond donors (Lipinski definition) is 1. The highest BCUT2D eigenvalue weighted by Gasteiger charge is 2.08. The minimum atomic E-state index is -0.284. The first kappa shape index (κ1) is 12.9. The summed E-state index contributed by atoms with van der Waals surface area (Å²) >= 11 is 0. The van der Waals surface area contributed by atoms with E-state index in [-0.39, 0.29) is 11.9 Å². The van der Waals surface area contributed by atoms with E-state index in [4.69, 9.17) is 9.47 Å². The third-order valence-electron chi connectivity index (χ3n) is 2.37. The fourth-order valence-corrected chi connectivity index (χ4v) is 1.34. The predicted octanol–water partition coefficient (Wildman–Crippen LogP) is 1.75. The maximum Gasteiger partial charge on any atom is 0.126 e. The van der Waals surface area contributed by atoms with Gasteiger partial charge in [-0.2, -0.15) is 0 Å². The molecule has 0 aliphatic heterocycles. The van der Waals surface area contributed by atoms with Crippen LogP contribution in [0.4, 0.5) is 4.39 Å². The Hall–Kier alpha value is -1.13. The Bertz CT molecular complexity index is 331. The quantitative estimate of drug-likeness (QED) is 0.803. The smallest absolute Gasteiger partial charge is 0.126 e. The number of methoxy groups -OCH3 is 1. The molecule has 1 unspecified atom stereocenters. The van der Waals surface area contributed by atoms with Gasteiger partial charge in [-0.15, -0.1) is 0 Å². The van der Waals surface area contributed by atoms with Crippen LogP contribution < -0.4 is 10.1 Å². The third kappa shape index (κ3) is 3.79. The van der Waals surface area contributed by atoms with Gasteiger partial charge >= 0.3 is 0 Å². The van der Waals surface area contributed by atoms with Crippen LogP contribution in [0.25, 0.3) is 0 Å². The summed E-state index contributed by atoms with van der Waals surface area (Å²) in [6.07, 6.45) is 0. The number of hydrogen-bond acceptors (Lipinski definition) is 3. The van der Waals surface area contributed by atoms with Crippen LogP contribution in [-0.4, -0.2) is 33.4 Å². The van der Waals surface area contributed by atoms with Gasteiger partial charge in [0.1, 0.15) is 18.2 Å². The first-order valence-corrected chi connectivity index (χ1v) is 5.22. The largest absolute Gasteiger partial charge is 0.491 e. The van der Waals surface area contributed by atoms with Crippen LogP contribution >= 0.6 is 0 Å². The predicted molar refractivity (Wildman–Crippen MR) is 61.4 cm³/mol. The van der Waals surface area contributed by atoms with E-state index in [1.165, 1.54) is 12.1 Å². The molecule has 0 heterocycles. The summed E-state index contributed by atoms with van der Waals surface area (Å²) in [5, 5.41) is 3.06. The van der Waals surface area contributed by atoms with Crippen LogP contribution in [0.1, 0.15) is 5.56 Å². The molecule has 3 nitrogen and oxygen atoms in total. The molecule has 0 saturated heterocycles. The molecular weight excluding hydrogens is 209 g/mol. The Morgan fingerprint density at radius 1 is 1.38 bits per heavy atom. The lowest BCUT2D eigenvalue weighted by Gasteiger charge is -2.17. The summed E-state index contributed by atoms with van der Waals surface area (Å²) in [7, 11) is 3.48. The molecule has 1 aromatic carbocycles. The number of ether oxygens (including phenoxy) is 2. The summed E-state index contributed by atoms with van der Waals surface area (Å²) in [6.45, 7) is 2.90. The molecule has 4 heteroatoms. The molecule has 0 aliphatic carbocycles. The maximum absolute atomic E-state index is 13.0. The van der Waals surface area contributed by atoms with Crippen molar-refractivity contribution in [3.05, 3.63) is 29.6 Å². The minimum absolute atomic E-state index is 0.104. The number of likely N-dealkylation sites (N-methyl/N-ethyl adjacent to an activating group) is 1. The van der Waals surface area contributed by atoms with Crippen LogP contribution in [-0.2, 0) is 4.74 Å². The van der Waals surface area contributed by atoms with Gasteiger partial charge < -0.3 is 14.8 Å². The molecule has 0 radical (unpaired) electrons. The van der Waals surface area contributed by atoms with Gasteiger partial charge in [0, 0.05) is 13.2 Å². The Kier molecular flexibility index (Phi) is 5.22. The van der Waals surface area contributed by atoms with Crippen LogP contribution in [0.3, 0.4) is 0 Å². The van der Waals surface area contributed by atoms with Gasteiger partial charge in [0.25, 0.3) is 0 Å². The van der Waals surface area contributed by atoms with Gasteiger partial charge in [-0.3, -0.25) is 0 Å². The van der Waals surface area contributed by atoms with Gasteiger partial charge in [-0.1, -0.05) is 6.07 Å². The van der Waals surface area contributed by atoms with Gasteiger partial charge in [-0.25, -0.2) is 4.39 Å². The van der Waals surface area contributed by atoms with E-state index >= 15 is 0 Å². The van der Waals surface area contributed by atoms with Gasteiger partial charge in [-0.05, 0) is 25.6 Å². The average molecular weight is 227 g/mol. The first-order valence-electron chi connectivity index (χ1n) is 5.22. The molecule has 0 aliphatic rings. The maximum atomic E-state index is 13.0. The van der Waals surface area contributed by atoms with Crippen molar-refractivity contribution in [3.63, 3.8) is 0 Å². The molecule has 0 aromatic heterocycles. The van der Waals surface area contributed by atoms with E-state index in [2.05, 4.69) is 5.32 Å². The Balaban J connectivity index is 2.55. The highest BCUT2D eigenvalue weighted by Crippen LogP contribution is 2.18. The summed E-state index contributed by atoms with van der Waals surface area (Å²) in [5.41, 5.74) is 0.925. The lowest BCUT2D eigenvalue weighted by Crippen LogP contribution is -2.35. The second-order valence-corrected chi connectivity index (χ2v) is 3.66. The van der Waals surface area contributed by atoms with E-state index in [1.807, 2.05) is 14.0 Å². The first-order chi connectivity index (χ1) is 7.67. The van der Waals surface area contributed by atoms with Crippen molar-refractivity contribution in [2.24, 2.45) is 0 Å². The highest BCUT2D eigenvalue weighted by molar-refractivity contribution is 5.32. The zero-order valence-corrected chi connectivity index (χ0v) is 9.92. The summed E-state index contributed by atoms with van der Waals surface area (Å²) in [6, 6.07) is 4.63. The van der Waals surface area contributed by atoms with Crippen LogP contribution in [0.2, 0.25) is 0 Å². The molecule has 16 heavy (non-hydrogen) atoms. The Morgan fingerprint density at radius 2 is 2.12 bits per heavy atom. The standard InChI is InChI=1S/C12H18FNO2/c1-9-4-5-10(13)6-12(9)16-8-11(14-2)7-15-3/h4-6,11,14H,7-8H2,1-3H3. The van der Waals surface area contributed by atoms with Crippen LogP contribution in [0, 0.1) is 12.7 Å². The fourth-order valence-electron chi connectivity index (χ4n) is 1.34. The molecule has 0 fully saturated rings. The molecule has 1 N–H and O–H groups in total. The molecule has 1 atom stereocenters. The lowest BCUT2D eigenvalue weighted by molar-refractivity contribution is 0.139. The van der Waals surface area contributed by atoms with Gasteiger partial charge in [0.05, 0.1) is 12.6 Å². The van der Waals surface area contributed by atoms with Crippen molar-refractivity contribution in [2.45, 2.75) is 13.0 Å². The molecular formula is C12H18FNO2. The molecule has 0 amide bonds. The average Bonchev–Trinajstić information content (AvgIpc) is 2.28. The van der Waals surface area contributed by atoms with Crippen molar-refractivity contribution in [3.8, 4) is 5.75 Å². The Labute approximate surface area is 95.6 Å². The van der Waals surface area contributed by atoms with E-state index in [0.29, 0.717) is 19.0 Å². The van der Waals surface area contributed by atoms with Crippen molar-refractivity contribution in [1.82, 2.24) is 5.32 Å². The SMILES string of the molecule is CNC(COC)COc1cc(F)ccc1C. The van der Waals surface area contributed by atoms with Crippen molar-refractivity contribution in [2.75, 3.05) is 27.4 Å². The molecule has 90 valence electrons. The second-order valence-electron chi connectivity index (χ2n) is 3.66. The van der Waals surface area contributed by atoms with Crippen molar-refractivity contribution >= 4 is 0 Å². The lowest BCUT2D eigenvalue weighted by atomic mass is 10.2. The minimum Gasteiger partial charge on any atom is -0.491 e. The zero-order valence-electron chi connectivity index (χ0n) is 9.92. The molecule has 1 aromatic rings. The topological polar surface area (TPSA) is 30.5 Å². The molecule has 0 saturated carbocycles. The fraction of sp³-hybridized carbons (Fsp3) is 0.500. The van der Waals surface area contributed by atoms with Crippen molar-refractivity contribution < 1.29 is 13.9 Å². The molecule has 0 spiro atoms. The second kappa shape index (κ2) is 6.45. The zero-order chi connectivity index (χ0) is 12.0. The van der Waals surface area contributed by atoms with Gasteiger partial charge in [0.2, 0.25) is 0 Å². The van der Waals surface area contributed by atoms with E-state index in [9.17, 15) is 4.39 Å². The summed E-state index contributed by atoms with van der Waals surface area (Å²) in [5.74, 6) is 0.296. The van der Waals surface area contributed by atoms with E-state index in [0.717, 1.165) is 5.56 Å². The van der Waals surface area contributed by atoms with Crippen molar-refractivity contribution in [1.29, 1.82) is 0 Å². The normalized spacial score (nSPS) is 12.5. The summed E-state index contributed by atoms with van der Waals surface area (Å²) in [4.78, 5) is 0.